The second-order valence-electron chi connectivity index (χ2n) is 5.15. The molecule has 23 heavy (non-hydrogen) atoms. The smallest absolute Gasteiger partial charge is 0.275 e. The maximum absolute atomic E-state index is 12.3. The molecular weight excluding hydrogens is 358 g/mol. The van der Waals surface area contributed by atoms with Gasteiger partial charge in [0, 0.05) is 19.8 Å². The van der Waals surface area contributed by atoms with Crippen LogP contribution in [-0.2, 0) is 20.0 Å². The van der Waals surface area contributed by atoms with Crippen molar-refractivity contribution in [3.63, 3.8) is 0 Å². The molecule has 3 aromatic rings. The lowest BCUT2D eigenvalue weighted by atomic mass is 10.1. The van der Waals surface area contributed by atoms with Gasteiger partial charge in [0.05, 0.1) is 22.6 Å². The minimum atomic E-state index is -0.223. The number of carbonyl (C=O) groups excluding carboxylic acids is 1. The lowest BCUT2D eigenvalue weighted by molar-refractivity contribution is 0.101. The van der Waals surface area contributed by atoms with E-state index in [0.29, 0.717) is 15.9 Å². The number of amides is 1. The van der Waals surface area contributed by atoms with E-state index >= 15 is 0 Å². The van der Waals surface area contributed by atoms with Crippen LogP contribution in [0.3, 0.4) is 0 Å². The summed E-state index contributed by atoms with van der Waals surface area (Å²) >= 11 is 3.32. The summed E-state index contributed by atoms with van der Waals surface area (Å²) in [5.41, 5.74) is 2.39. The monoisotopic (exact) mass is 373 g/mol. The highest BCUT2D eigenvalue weighted by Crippen LogP contribution is 2.17. The Morgan fingerprint density at radius 3 is 2.70 bits per heavy atom. The van der Waals surface area contributed by atoms with Crippen molar-refractivity contribution < 1.29 is 4.79 Å². The Kier molecular flexibility index (Phi) is 4.57. The van der Waals surface area contributed by atoms with Gasteiger partial charge < -0.3 is 5.32 Å². The number of anilines is 1. The van der Waals surface area contributed by atoms with E-state index in [1.165, 1.54) is 10.2 Å². The van der Waals surface area contributed by atoms with E-state index in [0.717, 1.165) is 13.0 Å². The van der Waals surface area contributed by atoms with E-state index in [9.17, 15) is 4.79 Å². The third-order valence-corrected chi connectivity index (χ3v) is 4.05. The molecule has 0 aliphatic rings. The molecule has 118 valence electrons. The average Bonchev–Trinajstić information content (AvgIpc) is 3.13. The van der Waals surface area contributed by atoms with Gasteiger partial charge in [0.1, 0.15) is 5.69 Å². The number of hydrogen-bond acceptors (Lipinski definition) is 3. The van der Waals surface area contributed by atoms with E-state index in [-0.39, 0.29) is 5.91 Å². The van der Waals surface area contributed by atoms with E-state index in [4.69, 9.17) is 0 Å². The summed E-state index contributed by atoms with van der Waals surface area (Å²) in [4.78, 5) is 12.3. The molecule has 0 aliphatic heterocycles. The van der Waals surface area contributed by atoms with E-state index < -0.39 is 0 Å². The van der Waals surface area contributed by atoms with Gasteiger partial charge in [0.25, 0.3) is 5.91 Å². The number of rotatable bonds is 5. The number of carbonyl (C=O) groups is 1. The van der Waals surface area contributed by atoms with Crippen LogP contribution in [0.4, 0.5) is 5.69 Å². The Bertz CT molecular complexity index is 790. The average molecular weight is 374 g/mol. The second-order valence-corrected chi connectivity index (χ2v) is 6.00. The SMILES string of the molecule is Cn1ncc(Br)c1C(=O)Nc1cnn(CCc2ccccc2)c1. The standard InChI is InChI=1S/C16H16BrN5O/c1-21-15(14(17)10-18-21)16(23)20-13-9-19-22(11-13)8-7-12-5-3-2-4-6-12/h2-6,9-11H,7-8H2,1H3,(H,20,23). The Balaban J connectivity index is 1.62. The molecular formula is C16H16BrN5O. The molecule has 0 spiro atoms. The highest BCUT2D eigenvalue weighted by atomic mass is 79.9. The lowest BCUT2D eigenvalue weighted by Crippen LogP contribution is -2.16. The topological polar surface area (TPSA) is 64.7 Å². The van der Waals surface area contributed by atoms with Crippen LogP contribution in [0.25, 0.3) is 0 Å². The molecule has 2 aromatic heterocycles. The zero-order chi connectivity index (χ0) is 16.2. The fourth-order valence-corrected chi connectivity index (χ4v) is 2.82. The van der Waals surface area contributed by atoms with E-state index in [1.54, 1.807) is 19.4 Å². The lowest BCUT2D eigenvalue weighted by Gasteiger charge is -2.04. The summed E-state index contributed by atoms with van der Waals surface area (Å²) in [6.45, 7) is 0.759. The van der Waals surface area contributed by atoms with Crippen LogP contribution in [-0.4, -0.2) is 25.5 Å². The first kappa shape index (κ1) is 15.5. The predicted molar refractivity (Wildman–Crippen MR) is 91.2 cm³/mol. The zero-order valence-corrected chi connectivity index (χ0v) is 14.2. The number of aromatic nitrogens is 4. The Hall–Kier alpha value is -2.41. The fourth-order valence-electron chi connectivity index (χ4n) is 2.30. The van der Waals surface area contributed by atoms with Crippen LogP contribution in [0, 0.1) is 0 Å². The highest BCUT2D eigenvalue weighted by molar-refractivity contribution is 9.10. The summed E-state index contributed by atoms with van der Waals surface area (Å²) in [7, 11) is 1.73. The van der Waals surface area contributed by atoms with Crippen molar-refractivity contribution in [3.05, 3.63) is 64.7 Å². The Morgan fingerprint density at radius 1 is 1.22 bits per heavy atom. The van der Waals surface area contributed by atoms with Crippen LogP contribution in [0.15, 0.2) is 53.4 Å². The first-order valence-electron chi connectivity index (χ1n) is 7.19. The number of benzene rings is 1. The van der Waals surface area contributed by atoms with Crippen LogP contribution < -0.4 is 5.32 Å². The maximum atomic E-state index is 12.3. The van der Waals surface area contributed by atoms with Crippen molar-refractivity contribution in [2.45, 2.75) is 13.0 Å². The molecule has 1 aromatic carbocycles. The van der Waals surface area contributed by atoms with Gasteiger partial charge in [-0.2, -0.15) is 10.2 Å². The molecule has 0 saturated heterocycles. The second kappa shape index (κ2) is 6.78. The van der Waals surface area contributed by atoms with Crippen molar-refractivity contribution in [1.82, 2.24) is 19.6 Å². The highest BCUT2D eigenvalue weighted by Gasteiger charge is 2.15. The molecule has 0 saturated carbocycles. The third kappa shape index (κ3) is 3.68. The summed E-state index contributed by atoms with van der Waals surface area (Å²) in [5, 5.41) is 11.1. The largest absolute Gasteiger partial charge is 0.318 e. The minimum absolute atomic E-state index is 0.223. The predicted octanol–water partition coefficient (Wildman–Crippen LogP) is 2.87. The summed E-state index contributed by atoms with van der Waals surface area (Å²) in [6, 6.07) is 10.2. The molecule has 6 nitrogen and oxygen atoms in total. The van der Waals surface area contributed by atoms with Crippen LogP contribution >= 0.6 is 15.9 Å². The van der Waals surface area contributed by atoms with Crippen molar-refractivity contribution in [3.8, 4) is 0 Å². The number of hydrogen-bond donors (Lipinski definition) is 1. The number of nitrogens with zero attached hydrogens (tertiary/aromatic N) is 4. The first-order valence-corrected chi connectivity index (χ1v) is 7.98. The Labute approximate surface area is 142 Å². The number of aryl methyl sites for hydroxylation is 3. The summed E-state index contributed by atoms with van der Waals surface area (Å²) < 4.78 is 4.01. The molecule has 1 N–H and O–H groups in total. The fraction of sp³-hybridized carbons (Fsp3) is 0.188. The maximum Gasteiger partial charge on any atom is 0.275 e. The molecule has 0 unspecified atom stereocenters. The minimum Gasteiger partial charge on any atom is -0.318 e. The Morgan fingerprint density at radius 2 is 2.00 bits per heavy atom. The van der Waals surface area contributed by atoms with Gasteiger partial charge in [0.2, 0.25) is 0 Å². The van der Waals surface area contributed by atoms with Gasteiger partial charge in [-0.1, -0.05) is 30.3 Å². The van der Waals surface area contributed by atoms with E-state index in [2.05, 4.69) is 43.6 Å². The number of nitrogens with one attached hydrogen (secondary N) is 1. The first-order chi connectivity index (χ1) is 11.1. The van der Waals surface area contributed by atoms with Gasteiger partial charge in [-0.05, 0) is 27.9 Å². The molecule has 0 fully saturated rings. The molecule has 2 heterocycles. The summed E-state index contributed by atoms with van der Waals surface area (Å²) in [6.07, 6.45) is 5.96. The molecule has 0 radical (unpaired) electrons. The van der Waals surface area contributed by atoms with Crippen molar-refractivity contribution in [1.29, 1.82) is 0 Å². The van der Waals surface area contributed by atoms with Crippen LogP contribution in [0.2, 0.25) is 0 Å². The van der Waals surface area contributed by atoms with Crippen LogP contribution in [0.1, 0.15) is 16.1 Å². The van der Waals surface area contributed by atoms with E-state index in [1.807, 2.05) is 29.1 Å². The molecule has 0 aliphatic carbocycles. The van der Waals surface area contributed by atoms with Crippen molar-refractivity contribution in [2.24, 2.45) is 7.05 Å². The van der Waals surface area contributed by atoms with Gasteiger partial charge in [-0.15, -0.1) is 0 Å². The third-order valence-electron chi connectivity index (χ3n) is 3.47. The quantitative estimate of drug-likeness (QED) is 0.747. The number of halogens is 1. The van der Waals surface area contributed by atoms with Crippen molar-refractivity contribution in [2.75, 3.05) is 5.32 Å². The van der Waals surface area contributed by atoms with Crippen molar-refractivity contribution >= 4 is 27.5 Å². The van der Waals surface area contributed by atoms with Gasteiger partial charge >= 0.3 is 0 Å². The van der Waals surface area contributed by atoms with Gasteiger partial charge in [-0.25, -0.2) is 0 Å². The van der Waals surface area contributed by atoms with Crippen LogP contribution in [0.5, 0.6) is 0 Å². The van der Waals surface area contributed by atoms with Gasteiger partial charge in [-0.3, -0.25) is 14.2 Å². The molecule has 7 heteroatoms. The van der Waals surface area contributed by atoms with Gasteiger partial charge in [0.15, 0.2) is 0 Å². The summed E-state index contributed by atoms with van der Waals surface area (Å²) in [5.74, 6) is -0.223. The molecule has 0 bridgehead atoms. The molecule has 0 atom stereocenters. The molecule has 1 amide bonds. The normalized spacial score (nSPS) is 10.7. The molecule has 3 rings (SSSR count). The zero-order valence-electron chi connectivity index (χ0n) is 12.6.